The molecule has 0 spiro atoms. The third kappa shape index (κ3) is 1.96. The molecule has 0 aliphatic carbocycles. The Morgan fingerprint density at radius 3 is 2.62 bits per heavy atom. The monoisotopic (exact) mass is 175 g/mol. The van der Waals surface area contributed by atoms with Crippen molar-refractivity contribution in [2.75, 3.05) is 0 Å². The Morgan fingerprint density at radius 2 is 1.92 bits per heavy atom. The molecule has 0 fully saturated rings. The van der Waals surface area contributed by atoms with Gasteiger partial charge in [-0.05, 0) is 12.1 Å². The highest BCUT2D eigenvalue weighted by Crippen LogP contribution is 2.22. The maximum Gasteiger partial charge on any atom is 0.123 e. The first kappa shape index (κ1) is 9.52. The van der Waals surface area contributed by atoms with Gasteiger partial charge >= 0.3 is 0 Å². The number of aromatic hydroxyl groups is 1. The van der Waals surface area contributed by atoms with E-state index in [0.29, 0.717) is 5.75 Å². The van der Waals surface area contributed by atoms with E-state index in [1.807, 2.05) is 19.9 Å². The molecule has 2 nitrogen and oxygen atoms in total. The topological polar surface area (TPSA) is 33.1 Å². The summed E-state index contributed by atoms with van der Waals surface area (Å²) in [5.41, 5.74) is 0. The molecule has 0 radical (unpaired) electrons. The maximum atomic E-state index is 9.34. The molecule has 0 bridgehead atoms. The summed E-state index contributed by atoms with van der Waals surface area (Å²) in [6.45, 7) is 4.00. The van der Waals surface area contributed by atoms with Crippen LogP contribution in [0.25, 0.3) is 10.8 Å². The number of aromatic nitrogens is 1. The third-order valence-electron chi connectivity index (χ3n) is 1.66. The van der Waals surface area contributed by atoms with Gasteiger partial charge in [-0.3, -0.25) is 4.98 Å². The molecular formula is C11H13NO. The Bertz CT molecular complexity index is 379. The molecule has 1 N–H and O–H groups in total. The zero-order valence-corrected chi connectivity index (χ0v) is 7.86. The highest BCUT2D eigenvalue weighted by molar-refractivity contribution is 5.86. The molecule has 0 aliphatic rings. The van der Waals surface area contributed by atoms with Crippen LogP contribution in [0.15, 0.2) is 36.7 Å². The molecule has 13 heavy (non-hydrogen) atoms. The molecule has 0 saturated carbocycles. The van der Waals surface area contributed by atoms with E-state index in [0.717, 1.165) is 10.8 Å². The standard InChI is InChI=1S/C9H7NO.C2H6/c11-9-3-1-2-7-6-10-5-4-8(7)9;1-2/h1-6,11H;1-2H3. The van der Waals surface area contributed by atoms with Crippen LogP contribution in [0.1, 0.15) is 13.8 Å². The lowest BCUT2D eigenvalue weighted by molar-refractivity contribution is 0.481. The van der Waals surface area contributed by atoms with Gasteiger partial charge in [0.2, 0.25) is 0 Å². The summed E-state index contributed by atoms with van der Waals surface area (Å²) in [4.78, 5) is 3.94. The van der Waals surface area contributed by atoms with Crippen LogP contribution in [0.3, 0.4) is 0 Å². The molecule has 1 aromatic carbocycles. The normalized spacial score (nSPS) is 9.08. The number of benzene rings is 1. The van der Waals surface area contributed by atoms with Gasteiger partial charge in [0.15, 0.2) is 0 Å². The van der Waals surface area contributed by atoms with Gasteiger partial charge in [-0.25, -0.2) is 0 Å². The van der Waals surface area contributed by atoms with Crippen molar-refractivity contribution in [2.45, 2.75) is 13.8 Å². The average Bonchev–Trinajstić information content (AvgIpc) is 2.22. The molecule has 68 valence electrons. The van der Waals surface area contributed by atoms with Gasteiger partial charge in [-0.2, -0.15) is 0 Å². The highest BCUT2D eigenvalue weighted by atomic mass is 16.3. The predicted octanol–water partition coefficient (Wildman–Crippen LogP) is 2.97. The van der Waals surface area contributed by atoms with Crippen molar-refractivity contribution >= 4 is 10.8 Å². The lowest BCUT2D eigenvalue weighted by Gasteiger charge is -1.97. The van der Waals surface area contributed by atoms with Crippen LogP contribution < -0.4 is 0 Å². The minimum absolute atomic E-state index is 0.310. The van der Waals surface area contributed by atoms with E-state index in [-0.39, 0.29) is 0 Å². The van der Waals surface area contributed by atoms with E-state index < -0.39 is 0 Å². The van der Waals surface area contributed by atoms with Crippen LogP contribution in [0.5, 0.6) is 5.75 Å². The maximum absolute atomic E-state index is 9.34. The van der Waals surface area contributed by atoms with Crippen molar-refractivity contribution in [3.63, 3.8) is 0 Å². The van der Waals surface area contributed by atoms with Gasteiger partial charge in [0, 0.05) is 23.2 Å². The van der Waals surface area contributed by atoms with Crippen LogP contribution in [0.4, 0.5) is 0 Å². The van der Waals surface area contributed by atoms with E-state index in [1.54, 1.807) is 30.6 Å². The Hall–Kier alpha value is -1.57. The molecule has 0 unspecified atom stereocenters. The quantitative estimate of drug-likeness (QED) is 0.667. The van der Waals surface area contributed by atoms with E-state index in [2.05, 4.69) is 4.98 Å². The minimum atomic E-state index is 0.310. The third-order valence-corrected chi connectivity index (χ3v) is 1.66. The summed E-state index contributed by atoms with van der Waals surface area (Å²) in [5.74, 6) is 0.310. The second-order valence-corrected chi connectivity index (χ2v) is 2.37. The Labute approximate surface area is 77.9 Å². The Kier molecular flexibility index (Phi) is 3.26. The lowest BCUT2D eigenvalue weighted by atomic mass is 10.2. The van der Waals surface area contributed by atoms with Crippen LogP contribution in [0, 0.1) is 0 Å². The van der Waals surface area contributed by atoms with Gasteiger partial charge < -0.3 is 5.11 Å². The van der Waals surface area contributed by atoms with Crippen molar-refractivity contribution in [1.82, 2.24) is 4.98 Å². The zero-order chi connectivity index (χ0) is 9.68. The van der Waals surface area contributed by atoms with Crippen LogP contribution in [0.2, 0.25) is 0 Å². The molecular weight excluding hydrogens is 162 g/mol. The first-order valence-electron chi connectivity index (χ1n) is 4.39. The number of hydrogen-bond acceptors (Lipinski definition) is 2. The number of hydrogen-bond donors (Lipinski definition) is 1. The van der Waals surface area contributed by atoms with Gasteiger partial charge in [0.25, 0.3) is 0 Å². The van der Waals surface area contributed by atoms with Crippen molar-refractivity contribution in [1.29, 1.82) is 0 Å². The van der Waals surface area contributed by atoms with Gasteiger partial charge in [0.1, 0.15) is 5.75 Å². The number of phenolic OH excluding ortho intramolecular Hbond substituents is 1. The SMILES string of the molecule is CC.Oc1cccc2cnccc12. The lowest BCUT2D eigenvalue weighted by Crippen LogP contribution is -1.74. The van der Waals surface area contributed by atoms with Crippen LogP contribution in [-0.2, 0) is 0 Å². The highest BCUT2D eigenvalue weighted by Gasteiger charge is 1.95. The number of rotatable bonds is 0. The van der Waals surface area contributed by atoms with Crippen LogP contribution >= 0.6 is 0 Å². The summed E-state index contributed by atoms with van der Waals surface area (Å²) >= 11 is 0. The fourth-order valence-electron chi connectivity index (χ4n) is 1.11. The smallest absolute Gasteiger partial charge is 0.123 e. The summed E-state index contributed by atoms with van der Waals surface area (Å²) in [5, 5.41) is 11.2. The molecule has 1 heterocycles. The average molecular weight is 175 g/mol. The van der Waals surface area contributed by atoms with Crippen molar-refractivity contribution in [3.8, 4) is 5.75 Å². The fraction of sp³-hybridized carbons (Fsp3) is 0.182. The Balaban J connectivity index is 0.000000396. The largest absolute Gasteiger partial charge is 0.507 e. The van der Waals surface area contributed by atoms with Gasteiger partial charge in [0.05, 0.1) is 0 Å². The molecule has 2 heteroatoms. The van der Waals surface area contributed by atoms with E-state index >= 15 is 0 Å². The van der Waals surface area contributed by atoms with Crippen molar-refractivity contribution in [2.24, 2.45) is 0 Å². The summed E-state index contributed by atoms with van der Waals surface area (Å²) in [6.07, 6.45) is 3.40. The molecule has 0 atom stereocenters. The predicted molar refractivity (Wildman–Crippen MR) is 54.8 cm³/mol. The molecule has 0 saturated heterocycles. The minimum Gasteiger partial charge on any atom is -0.507 e. The summed E-state index contributed by atoms with van der Waals surface area (Å²) < 4.78 is 0. The first-order chi connectivity index (χ1) is 6.38. The number of phenols is 1. The Morgan fingerprint density at radius 1 is 1.15 bits per heavy atom. The van der Waals surface area contributed by atoms with Crippen LogP contribution in [-0.4, -0.2) is 10.1 Å². The summed E-state index contributed by atoms with van der Waals surface area (Å²) in [7, 11) is 0. The summed E-state index contributed by atoms with van der Waals surface area (Å²) in [6, 6.07) is 7.19. The first-order valence-corrected chi connectivity index (χ1v) is 4.39. The number of fused-ring (bicyclic) bond motifs is 1. The molecule has 0 amide bonds. The number of nitrogens with zero attached hydrogens (tertiary/aromatic N) is 1. The molecule has 2 aromatic rings. The van der Waals surface area contributed by atoms with Gasteiger partial charge in [-0.15, -0.1) is 0 Å². The fourth-order valence-corrected chi connectivity index (χ4v) is 1.11. The molecule has 1 aromatic heterocycles. The van der Waals surface area contributed by atoms with Gasteiger partial charge in [-0.1, -0.05) is 26.0 Å². The zero-order valence-electron chi connectivity index (χ0n) is 7.86. The van der Waals surface area contributed by atoms with Crippen molar-refractivity contribution < 1.29 is 5.11 Å². The van der Waals surface area contributed by atoms with E-state index in [1.165, 1.54) is 0 Å². The van der Waals surface area contributed by atoms with Crippen molar-refractivity contribution in [3.05, 3.63) is 36.7 Å². The molecule has 2 rings (SSSR count). The number of pyridine rings is 1. The second-order valence-electron chi connectivity index (χ2n) is 2.37. The second kappa shape index (κ2) is 4.45. The van der Waals surface area contributed by atoms with E-state index in [9.17, 15) is 5.11 Å². The molecule has 0 aliphatic heterocycles. The van der Waals surface area contributed by atoms with E-state index in [4.69, 9.17) is 0 Å².